The van der Waals surface area contributed by atoms with E-state index in [1.54, 1.807) is 60.7 Å². The highest BCUT2D eigenvalue weighted by atomic mass is 16.4. The molecule has 8 amide bonds. The number of carboxylic acids is 3. The smallest absolute Gasteiger partial charge is 0.325 e. The van der Waals surface area contributed by atoms with Crippen LogP contribution in [0, 0.1) is 0 Å². The van der Waals surface area contributed by atoms with Crippen LogP contribution in [0.15, 0.2) is 84.9 Å². The lowest BCUT2D eigenvalue weighted by atomic mass is 10.0. The van der Waals surface area contributed by atoms with Gasteiger partial charge in [0.05, 0.1) is 25.8 Å². The number of benzene rings is 3. The van der Waals surface area contributed by atoms with Crippen molar-refractivity contribution in [1.82, 2.24) is 37.2 Å². The van der Waals surface area contributed by atoms with Crippen molar-refractivity contribution in [3.8, 4) is 5.75 Å². The fourth-order valence-electron chi connectivity index (χ4n) is 6.36. The zero-order valence-electron chi connectivity index (χ0n) is 36.5. The maximum Gasteiger partial charge on any atom is 0.325 e. The molecule has 0 aromatic heterocycles. The molecule has 0 bridgehead atoms. The molecule has 0 saturated carbocycles. The fourth-order valence-corrected chi connectivity index (χ4v) is 6.36. The maximum absolute atomic E-state index is 14.0. The number of phenolic OH excluding ortho intramolecular Hbond substituents is 1. The number of hydrogen-bond acceptors (Lipinski definition) is 13. The number of carboxylic acid groups (broad SMARTS) is 3. The second kappa shape index (κ2) is 26.5. The largest absolute Gasteiger partial charge is 0.508 e. The molecule has 3 rings (SSSR count). The minimum absolute atomic E-state index is 0.0772. The summed E-state index contributed by atoms with van der Waals surface area (Å²) >= 11 is 0. The van der Waals surface area contributed by atoms with Crippen LogP contribution in [0.25, 0.3) is 0 Å². The summed E-state index contributed by atoms with van der Waals surface area (Å²) in [6.45, 7) is 0.637. The first kappa shape index (κ1) is 53.9. The predicted molar refractivity (Wildman–Crippen MR) is 236 cm³/mol. The number of hydrogen-bond donors (Lipinski definition) is 13. The Labute approximate surface area is 388 Å². The van der Waals surface area contributed by atoms with Gasteiger partial charge in [0.1, 0.15) is 48.0 Å². The van der Waals surface area contributed by atoms with Crippen molar-refractivity contribution >= 4 is 65.2 Å². The molecular formula is C44H53N9O15. The Morgan fingerprint density at radius 1 is 0.456 bits per heavy atom. The summed E-state index contributed by atoms with van der Waals surface area (Å²) < 4.78 is 0. The van der Waals surface area contributed by atoms with Gasteiger partial charge in [-0.1, -0.05) is 72.8 Å². The van der Waals surface area contributed by atoms with Crippen LogP contribution in [0.4, 0.5) is 0 Å². The number of aliphatic carboxylic acids is 3. The van der Waals surface area contributed by atoms with Crippen molar-refractivity contribution in [3.05, 3.63) is 102 Å². The van der Waals surface area contributed by atoms with Gasteiger partial charge in [-0.25, -0.2) is 0 Å². The zero-order valence-corrected chi connectivity index (χ0v) is 36.5. The third-order valence-corrected chi connectivity index (χ3v) is 9.84. The number of primary amides is 1. The van der Waals surface area contributed by atoms with Crippen molar-refractivity contribution in [2.45, 2.75) is 87.7 Å². The molecule has 0 heterocycles. The van der Waals surface area contributed by atoms with Crippen LogP contribution >= 0.6 is 0 Å². The first-order chi connectivity index (χ1) is 32.1. The van der Waals surface area contributed by atoms with Gasteiger partial charge in [0.25, 0.3) is 0 Å². The van der Waals surface area contributed by atoms with Gasteiger partial charge in [0.2, 0.25) is 47.3 Å². The molecule has 7 atom stereocenters. The van der Waals surface area contributed by atoms with Gasteiger partial charge in [-0.05, 0) is 35.7 Å². The molecular weight excluding hydrogens is 895 g/mol. The van der Waals surface area contributed by atoms with E-state index in [1.807, 2.05) is 0 Å². The van der Waals surface area contributed by atoms with Crippen LogP contribution in [0.2, 0.25) is 0 Å². The number of carbonyl (C=O) groups excluding carboxylic acids is 8. The van der Waals surface area contributed by atoms with E-state index >= 15 is 0 Å². The summed E-state index contributed by atoms with van der Waals surface area (Å²) in [6, 6.07) is 9.69. The van der Waals surface area contributed by atoms with Gasteiger partial charge in [0.15, 0.2) is 0 Å². The van der Waals surface area contributed by atoms with E-state index < -0.39 is 133 Å². The standard InChI is InChI=1S/C44H53N9O15/c1-23(44(67)68)47-38(61)29(18-26-12-14-27(54)15-13-26)49-42(65)32(20-36(57)58)53-43(66)33(21-37(59)60)52-40(63)30(17-25-10-6-3-7-11-25)50-41(64)31(19-34(46)55)51-39(62)28(48-35(56)22-45)16-24-8-4-2-5-9-24/h2-15,23,28-33,54H,16-22,45H2,1H3,(H2,46,55)(H,47,61)(H,48,56)(H,49,65)(H,50,64)(H,51,62)(H,52,63)(H,53,66)(H,57,58)(H,59,60)(H,67,68)/t23-,28-,29-,30-,31-,32-,33-/m0/s1. The van der Waals surface area contributed by atoms with E-state index in [0.29, 0.717) is 16.7 Å². The second-order valence-corrected chi connectivity index (χ2v) is 15.3. The monoisotopic (exact) mass is 947 g/mol. The van der Waals surface area contributed by atoms with Gasteiger partial charge in [-0.3, -0.25) is 52.7 Å². The molecule has 68 heavy (non-hydrogen) atoms. The Bertz CT molecular complexity index is 2300. The minimum Gasteiger partial charge on any atom is -0.508 e. The number of aromatic hydroxyl groups is 1. The minimum atomic E-state index is -2.07. The Morgan fingerprint density at radius 3 is 1.13 bits per heavy atom. The Balaban J connectivity index is 1.92. The maximum atomic E-state index is 14.0. The SMILES string of the molecule is C[C@H](NC(=O)[C@H](Cc1ccc(O)cc1)NC(=O)[C@H](CC(=O)O)NC(=O)[C@H](CC(=O)O)NC(=O)[C@H](Cc1ccccc1)NC(=O)[C@H](CC(N)=O)NC(=O)[C@H](Cc1ccccc1)NC(=O)CN)C(=O)O. The number of nitrogens with two attached hydrogens (primary N) is 2. The van der Waals surface area contributed by atoms with E-state index in [1.165, 1.54) is 24.3 Å². The van der Waals surface area contributed by atoms with Crippen molar-refractivity contribution < 1.29 is 73.2 Å². The lowest BCUT2D eigenvalue weighted by Crippen LogP contribution is -2.61. The van der Waals surface area contributed by atoms with Crippen LogP contribution in [0.1, 0.15) is 42.9 Å². The van der Waals surface area contributed by atoms with Crippen LogP contribution in [-0.4, -0.2) is 134 Å². The molecule has 3 aromatic carbocycles. The molecule has 24 nitrogen and oxygen atoms in total. The average molecular weight is 948 g/mol. The number of amides is 8. The normalized spacial score (nSPS) is 13.8. The Hall–Kier alpha value is -8.41. The number of carbonyl (C=O) groups is 11. The van der Waals surface area contributed by atoms with E-state index in [4.69, 9.17) is 11.5 Å². The molecule has 0 aliphatic rings. The second-order valence-electron chi connectivity index (χ2n) is 15.3. The molecule has 0 unspecified atom stereocenters. The molecule has 0 spiro atoms. The van der Waals surface area contributed by atoms with Crippen LogP contribution < -0.4 is 48.7 Å². The molecule has 0 saturated heterocycles. The molecule has 0 fully saturated rings. The van der Waals surface area contributed by atoms with Crippen molar-refractivity contribution in [2.24, 2.45) is 11.5 Å². The topological polar surface area (TPSA) is 405 Å². The highest BCUT2D eigenvalue weighted by Gasteiger charge is 2.36. The Morgan fingerprint density at radius 2 is 0.779 bits per heavy atom. The summed E-state index contributed by atoms with van der Waals surface area (Å²) in [6.07, 6.45) is -3.87. The quantitative estimate of drug-likeness (QED) is 0.0356. The van der Waals surface area contributed by atoms with Crippen molar-refractivity contribution in [1.29, 1.82) is 0 Å². The van der Waals surface area contributed by atoms with Crippen LogP contribution in [-0.2, 0) is 72.0 Å². The summed E-state index contributed by atoms with van der Waals surface area (Å²) in [7, 11) is 0. The van der Waals surface area contributed by atoms with Crippen molar-refractivity contribution in [3.63, 3.8) is 0 Å². The Kier molecular flexibility index (Phi) is 21.0. The van der Waals surface area contributed by atoms with Gasteiger partial charge in [-0.15, -0.1) is 0 Å². The summed E-state index contributed by atoms with van der Waals surface area (Å²) in [4.78, 5) is 142. The van der Waals surface area contributed by atoms with Crippen molar-refractivity contribution in [2.75, 3.05) is 6.54 Å². The van der Waals surface area contributed by atoms with Crippen LogP contribution in [0.3, 0.4) is 0 Å². The molecule has 15 N–H and O–H groups in total. The van der Waals surface area contributed by atoms with Crippen LogP contribution in [0.5, 0.6) is 5.75 Å². The fraction of sp³-hybridized carbons (Fsp3) is 0.341. The van der Waals surface area contributed by atoms with Gasteiger partial charge >= 0.3 is 17.9 Å². The highest BCUT2D eigenvalue weighted by Crippen LogP contribution is 2.13. The van der Waals surface area contributed by atoms with E-state index in [0.717, 1.165) is 6.92 Å². The molecule has 0 radical (unpaired) electrons. The molecule has 24 heteroatoms. The number of rotatable bonds is 27. The number of nitrogens with one attached hydrogen (secondary N) is 7. The average Bonchev–Trinajstić information content (AvgIpc) is 3.28. The predicted octanol–water partition coefficient (Wildman–Crippen LogP) is -3.30. The third kappa shape index (κ3) is 18.6. The first-order valence-electron chi connectivity index (χ1n) is 20.8. The van der Waals surface area contributed by atoms with E-state index in [9.17, 15) is 73.2 Å². The van der Waals surface area contributed by atoms with Gasteiger partial charge in [0, 0.05) is 19.3 Å². The zero-order chi connectivity index (χ0) is 50.5. The first-order valence-corrected chi connectivity index (χ1v) is 20.8. The molecule has 3 aromatic rings. The van der Waals surface area contributed by atoms with E-state index in [2.05, 4.69) is 37.2 Å². The van der Waals surface area contributed by atoms with E-state index in [-0.39, 0.29) is 25.0 Å². The molecule has 0 aliphatic carbocycles. The van der Waals surface area contributed by atoms with Gasteiger partial charge < -0.3 is 69.1 Å². The third-order valence-electron chi connectivity index (χ3n) is 9.84. The lowest BCUT2D eigenvalue weighted by Gasteiger charge is -2.27. The molecule has 364 valence electrons. The summed E-state index contributed by atoms with van der Waals surface area (Å²) in [5, 5.41) is 54.3. The summed E-state index contributed by atoms with van der Waals surface area (Å²) in [5.41, 5.74) is 12.2. The lowest BCUT2D eigenvalue weighted by molar-refractivity contribution is -0.144. The highest BCUT2D eigenvalue weighted by molar-refractivity contribution is 6.00. The summed E-state index contributed by atoms with van der Waals surface area (Å²) in [5.74, 6) is -13.7. The van der Waals surface area contributed by atoms with Gasteiger partial charge in [-0.2, -0.15) is 0 Å². The molecule has 0 aliphatic heterocycles. The number of phenols is 1.